The molecule has 1 fully saturated rings. The molecular weight excluding hydrogens is 360 g/mol. The van der Waals surface area contributed by atoms with Gasteiger partial charge in [0, 0.05) is 12.8 Å². The second-order valence-corrected chi connectivity index (χ2v) is 5.93. The van der Waals surface area contributed by atoms with Crippen LogP contribution >= 0.6 is 12.4 Å². The Labute approximate surface area is 157 Å². The number of aromatic nitrogens is 4. The van der Waals surface area contributed by atoms with Crippen LogP contribution in [0.1, 0.15) is 18.7 Å². The van der Waals surface area contributed by atoms with Crippen LogP contribution in [0.25, 0.3) is 5.69 Å². The summed E-state index contributed by atoms with van der Waals surface area (Å²) < 4.78 is 12.5. The number of hydrogen-bond acceptors (Lipinski definition) is 7. The molecule has 2 heterocycles. The predicted molar refractivity (Wildman–Crippen MR) is 98.2 cm³/mol. The van der Waals surface area contributed by atoms with E-state index >= 15 is 0 Å². The maximum Gasteiger partial charge on any atom is 0.256 e. The number of tetrazole rings is 1. The third-order valence-electron chi connectivity index (χ3n) is 4.51. The van der Waals surface area contributed by atoms with Gasteiger partial charge < -0.3 is 20.1 Å². The third kappa shape index (κ3) is 3.79. The number of benzene rings is 1. The molecule has 0 aliphatic carbocycles. The zero-order chi connectivity index (χ0) is 17.9. The molecule has 10 heteroatoms. The number of methoxy groups -OCH3 is 2. The van der Waals surface area contributed by atoms with E-state index in [4.69, 9.17) is 9.47 Å². The molecule has 0 radical (unpaired) electrons. The first kappa shape index (κ1) is 20.1. The quantitative estimate of drug-likeness (QED) is 0.798. The molecule has 0 atom stereocenters. The van der Waals surface area contributed by atoms with Crippen molar-refractivity contribution < 1.29 is 14.3 Å². The van der Waals surface area contributed by atoms with Gasteiger partial charge in [-0.15, -0.1) is 17.5 Å². The second kappa shape index (κ2) is 8.43. The Morgan fingerprint density at radius 2 is 2.04 bits per heavy atom. The van der Waals surface area contributed by atoms with Crippen molar-refractivity contribution >= 4 is 24.0 Å². The Kier molecular flexibility index (Phi) is 6.52. The molecule has 1 aromatic heterocycles. The summed E-state index contributed by atoms with van der Waals surface area (Å²) in [5, 5.41) is 17.7. The van der Waals surface area contributed by atoms with Gasteiger partial charge in [0.1, 0.15) is 17.0 Å². The van der Waals surface area contributed by atoms with Crippen LogP contribution in [-0.2, 0) is 9.53 Å². The number of rotatable bonds is 5. The molecule has 0 bridgehead atoms. The molecule has 1 amide bonds. The summed E-state index contributed by atoms with van der Waals surface area (Å²) in [6, 6.07) is 5.34. The zero-order valence-corrected chi connectivity index (χ0v) is 15.8. The zero-order valence-electron chi connectivity index (χ0n) is 15.0. The largest absolute Gasteiger partial charge is 0.494 e. The minimum atomic E-state index is -0.809. The van der Waals surface area contributed by atoms with Gasteiger partial charge in [-0.25, -0.2) is 0 Å². The summed E-state index contributed by atoms with van der Waals surface area (Å²) in [5.41, 5.74) is 0.473. The number of nitrogens with one attached hydrogen (secondary N) is 2. The maximum atomic E-state index is 12.8. The van der Waals surface area contributed by atoms with E-state index in [-0.39, 0.29) is 18.3 Å². The SMILES string of the molecule is COc1ccc(NC(=O)C2(OC)CCNCC2)cc1-n1nnnc1C.Cl. The highest BCUT2D eigenvalue weighted by atomic mass is 35.5. The first-order valence-electron chi connectivity index (χ1n) is 8.10. The molecule has 1 aliphatic rings. The van der Waals surface area contributed by atoms with E-state index in [1.807, 2.05) is 0 Å². The van der Waals surface area contributed by atoms with Crippen LogP contribution in [0.2, 0.25) is 0 Å². The number of carbonyl (C=O) groups is 1. The smallest absolute Gasteiger partial charge is 0.256 e. The van der Waals surface area contributed by atoms with E-state index in [0.29, 0.717) is 35.8 Å². The number of halogens is 1. The van der Waals surface area contributed by atoms with Crippen molar-refractivity contribution in [2.45, 2.75) is 25.4 Å². The summed E-state index contributed by atoms with van der Waals surface area (Å²) in [7, 11) is 3.15. The first-order valence-corrected chi connectivity index (χ1v) is 8.10. The summed E-state index contributed by atoms with van der Waals surface area (Å²) in [6.07, 6.45) is 1.26. The van der Waals surface area contributed by atoms with Crippen LogP contribution in [0.15, 0.2) is 18.2 Å². The molecule has 26 heavy (non-hydrogen) atoms. The number of ether oxygens (including phenoxy) is 2. The van der Waals surface area contributed by atoms with E-state index in [9.17, 15) is 4.79 Å². The monoisotopic (exact) mass is 382 g/mol. The highest BCUT2D eigenvalue weighted by molar-refractivity contribution is 5.97. The lowest BCUT2D eigenvalue weighted by atomic mass is 9.91. The van der Waals surface area contributed by atoms with Gasteiger partial charge in [-0.05, 0) is 61.5 Å². The molecule has 0 unspecified atom stereocenters. The fourth-order valence-corrected chi connectivity index (χ4v) is 2.99. The molecule has 9 nitrogen and oxygen atoms in total. The topological polar surface area (TPSA) is 103 Å². The molecule has 2 N–H and O–H groups in total. The number of aryl methyl sites for hydroxylation is 1. The highest BCUT2D eigenvalue weighted by Crippen LogP contribution is 2.29. The number of carbonyl (C=O) groups excluding carboxylic acids is 1. The van der Waals surface area contributed by atoms with Crippen LogP contribution in [0, 0.1) is 6.92 Å². The van der Waals surface area contributed by atoms with Crippen LogP contribution in [0.4, 0.5) is 5.69 Å². The Hall–Kier alpha value is -2.23. The molecule has 1 aromatic carbocycles. The van der Waals surface area contributed by atoms with Crippen molar-refractivity contribution in [1.29, 1.82) is 0 Å². The van der Waals surface area contributed by atoms with E-state index in [1.165, 1.54) is 0 Å². The summed E-state index contributed by atoms with van der Waals surface area (Å²) in [6.45, 7) is 3.29. The molecule has 0 saturated carbocycles. The van der Waals surface area contributed by atoms with Crippen LogP contribution in [0.3, 0.4) is 0 Å². The molecule has 3 rings (SSSR count). The Morgan fingerprint density at radius 3 is 2.62 bits per heavy atom. The highest BCUT2D eigenvalue weighted by Gasteiger charge is 2.39. The number of hydrogen-bond donors (Lipinski definition) is 2. The van der Waals surface area contributed by atoms with Crippen molar-refractivity contribution in [3.05, 3.63) is 24.0 Å². The molecule has 1 saturated heterocycles. The first-order chi connectivity index (χ1) is 12.1. The van der Waals surface area contributed by atoms with E-state index in [0.717, 1.165) is 13.1 Å². The number of anilines is 1. The Balaban J connectivity index is 0.00000243. The van der Waals surface area contributed by atoms with Crippen molar-refractivity contribution in [3.8, 4) is 11.4 Å². The number of nitrogens with zero attached hydrogens (tertiary/aromatic N) is 4. The van der Waals surface area contributed by atoms with Crippen molar-refractivity contribution in [3.63, 3.8) is 0 Å². The minimum Gasteiger partial charge on any atom is -0.494 e. The molecule has 142 valence electrons. The fraction of sp³-hybridized carbons (Fsp3) is 0.500. The normalized spacial score (nSPS) is 15.8. The summed E-state index contributed by atoms with van der Waals surface area (Å²) >= 11 is 0. The predicted octanol–water partition coefficient (Wildman–Crippen LogP) is 1.11. The molecule has 1 aliphatic heterocycles. The van der Waals surface area contributed by atoms with Gasteiger partial charge in [0.25, 0.3) is 5.91 Å². The summed E-state index contributed by atoms with van der Waals surface area (Å²) in [5.74, 6) is 1.08. The van der Waals surface area contributed by atoms with Gasteiger partial charge in [0.05, 0.1) is 7.11 Å². The van der Waals surface area contributed by atoms with Gasteiger partial charge >= 0.3 is 0 Å². The van der Waals surface area contributed by atoms with Gasteiger partial charge in [0.15, 0.2) is 5.82 Å². The van der Waals surface area contributed by atoms with Crippen LogP contribution in [0.5, 0.6) is 5.75 Å². The standard InChI is InChI=1S/C16H22N6O3.ClH/c1-11-19-20-21-22(11)13-10-12(4-5-14(13)24-2)18-15(23)16(25-3)6-8-17-9-7-16;/h4-5,10,17H,6-9H2,1-3H3,(H,18,23);1H. The van der Waals surface area contributed by atoms with Gasteiger partial charge in [-0.2, -0.15) is 4.68 Å². The average Bonchev–Trinajstić information content (AvgIpc) is 3.08. The van der Waals surface area contributed by atoms with Crippen molar-refractivity contribution in [1.82, 2.24) is 25.5 Å². The minimum absolute atomic E-state index is 0. The van der Waals surface area contributed by atoms with Gasteiger partial charge in [-0.1, -0.05) is 0 Å². The van der Waals surface area contributed by atoms with Crippen molar-refractivity contribution in [2.75, 3.05) is 32.6 Å². The lowest BCUT2D eigenvalue weighted by Crippen LogP contribution is -2.51. The summed E-state index contributed by atoms with van der Waals surface area (Å²) in [4.78, 5) is 12.8. The second-order valence-electron chi connectivity index (χ2n) is 5.93. The maximum absolute atomic E-state index is 12.8. The van der Waals surface area contributed by atoms with E-state index in [2.05, 4.69) is 26.2 Å². The third-order valence-corrected chi connectivity index (χ3v) is 4.51. The lowest BCUT2D eigenvalue weighted by Gasteiger charge is -2.34. The fourth-order valence-electron chi connectivity index (χ4n) is 2.99. The van der Waals surface area contributed by atoms with E-state index < -0.39 is 5.60 Å². The van der Waals surface area contributed by atoms with E-state index in [1.54, 1.807) is 44.0 Å². The van der Waals surface area contributed by atoms with Crippen LogP contribution in [-0.4, -0.2) is 59.0 Å². The molecule has 2 aromatic rings. The lowest BCUT2D eigenvalue weighted by molar-refractivity contribution is -0.140. The molecule has 0 spiro atoms. The molecular formula is C16H23ClN6O3. The number of piperidine rings is 1. The average molecular weight is 383 g/mol. The number of amides is 1. The van der Waals surface area contributed by atoms with Gasteiger partial charge in [0.2, 0.25) is 0 Å². The van der Waals surface area contributed by atoms with Gasteiger partial charge in [-0.3, -0.25) is 4.79 Å². The van der Waals surface area contributed by atoms with Crippen LogP contribution < -0.4 is 15.4 Å². The Bertz CT molecular complexity index is 760. The Morgan fingerprint density at radius 1 is 1.31 bits per heavy atom. The van der Waals surface area contributed by atoms with Crippen molar-refractivity contribution in [2.24, 2.45) is 0 Å².